The van der Waals surface area contributed by atoms with Crippen LogP contribution >= 0.6 is 0 Å². The highest BCUT2D eigenvalue weighted by molar-refractivity contribution is 6.22. The summed E-state index contributed by atoms with van der Waals surface area (Å²) in [7, 11) is 0. The van der Waals surface area contributed by atoms with Crippen LogP contribution < -0.4 is 9.64 Å². The van der Waals surface area contributed by atoms with Gasteiger partial charge in [-0.15, -0.1) is 0 Å². The highest BCUT2D eigenvalue weighted by atomic mass is 16.5. The number of allylic oxidation sites excluding steroid dienone is 2. The fraction of sp³-hybridized carbons (Fsp3) is 0.304. The molecular weight excluding hydrogens is 338 g/mol. The van der Waals surface area contributed by atoms with Gasteiger partial charge in [0.2, 0.25) is 11.8 Å². The number of para-hydroxylation sites is 1. The fourth-order valence-corrected chi connectivity index (χ4v) is 5.50. The molecule has 2 aromatic carbocycles. The number of ether oxygens (including phenoxy) is 1. The van der Waals surface area contributed by atoms with Crippen LogP contribution in [0.5, 0.6) is 11.5 Å². The van der Waals surface area contributed by atoms with E-state index in [4.69, 9.17) is 4.74 Å². The predicted octanol–water partition coefficient (Wildman–Crippen LogP) is 4.04. The smallest absolute Gasteiger partial charge is 0.238 e. The van der Waals surface area contributed by atoms with Gasteiger partial charge in [0, 0.05) is 0 Å². The number of carbonyl (C=O) groups is 2. The quantitative estimate of drug-likeness (QED) is 0.615. The molecule has 2 saturated carbocycles. The minimum atomic E-state index is -0.156. The normalized spacial score (nSPS) is 35.2. The number of carbonyl (C=O) groups excluding carboxylic acids is 2. The molecule has 0 unspecified atom stereocenters. The van der Waals surface area contributed by atoms with Gasteiger partial charge < -0.3 is 4.74 Å². The molecule has 3 fully saturated rings. The molecule has 134 valence electrons. The molecule has 4 nitrogen and oxygen atoms in total. The molecular formula is C23H19NO3. The number of anilines is 1. The highest BCUT2D eigenvalue weighted by Gasteiger charge is 2.67. The summed E-state index contributed by atoms with van der Waals surface area (Å²) in [5.74, 6) is 2.85. The summed E-state index contributed by atoms with van der Waals surface area (Å²) in [5, 5.41) is 0. The Kier molecular flexibility index (Phi) is 2.99. The van der Waals surface area contributed by atoms with E-state index in [1.54, 1.807) is 0 Å². The Morgan fingerprint density at radius 1 is 0.741 bits per heavy atom. The lowest BCUT2D eigenvalue weighted by molar-refractivity contribution is -0.124. The van der Waals surface area contributed by atoms with Gasteiger partial charge in [-0.05, 0) is 66.5 Å². The average molecular weight is 357 g/mol. The molecule has 7 rings (SSSR count). The third kappa shape index (κ3) is 2.10. The fourth-order valence-electron chi connectivity index (χ4n) is 5.50. The zero-order valence-electron chi connectivity index (χ0n) is 14.7. The SMILES string of the molecule is O=C1[C@@H]2[C@@H]3C=C[C@H]([C@H]4C[C@@H]34)[C@@H]2C(=O)N1c1ccc(Oc2ccccc2)cc1. The Bertz CT molecular complexity index is 929. The Balaban J connectivity index is 1.28. The second kappa shape index (κ2) is 5.32. The van der Waals surface area contributed by atoms with Crippen molar-refractivity contribution < 1.29 is 14.3 Å². The number of rotatable bonds is 3. The summed E-state index contributed by atoms with van der Waals surface area (Å²) >= 11 is 0. The van der Waals surface area contributed by atoms with Crippen LogP contribution in [-0.4, -0.2) is 11.8 Å². The summed E-state index contributed by atoms with van der Waals surface area (Å²) < 4.78 is 5.81. The maximum absolute atomic E-state index is 13.1. The molecule has 0 aromatic heterocycles. The van der Waals surface area contributed by atoms with Crippen molar-refractivity contribution in [2.45, 2.75) is 6.42 Å². The van der Waals surface area contributed by atoms with Crippen molar-refractivity contribution in [3.63, 3.8) is 0 Å². The lowest BCUT2D eigenvalue weighted by Gasteiger charge is -2.37. The summed E-state index contributed by atoms with van der Waals surface area (Å²) in [6.45, 7) is 0. The zero-order valence-corrected chi connectivity index (χ0v) is 14.7. The number of hydrogen-bond acceptors (Lipinski definition) is 3. The summed E-state index contributed by atoms with van der Waals surface area (Å²) in [5.41, 5.74) is 0.646. The van der Waals surface area contributed by atoms with E-state index < -0.39 is 0 Å². The molecule has 0 radical (unpaired) electrons. The van der Waals surface area contributed by atoms with Gasteiger partial charge in [0.25, 0.3) is 0 Å². The molecule has 4 heteroatoms. The van der Waals surface area contributed by atoms with Gasteiger partial charge in [0.05, 0.1) is 17.5 Å². The van der Waals surface area contributed by atoms with Crippen LogP contribution in [0.2, 0.25) is 0 Å². The van der Waals surface area contributed by atoms with E-state index in [2.05, 4.69) is 12.2 Å². The second-order valence-electron chi connectivity index (χ2n) is 8.08. The van der Waals surface area contributed by atoms with Crippen LogP contribution in [-0.2, 0) is 9.59 Å². The van der Waals surface area contributed by atoms with Gasteiger partial charge in [0.15, 0.2) is 0 Å². The molecule has 27 heavy (non-hydrogen) atoms. The Labute approximate surface area is 157 Å². The molecule has 2 aromatic rings. The van der Waals surface area contributed by atoms with Gasteiger partial charge in [-0.2, -0.15) is 0 Å². The van der Waals surface area contributed by atoms with E-state index >= 15 is 0 Å². The average Bonchev–Trinajstić information content (AvgIpc) is 3.48. The minimum absolute atomic E-state index is 0.0218. The molecule has 6 atom stereocenters. The van der Waals surface area contributed by atoms with Crippen LogP contribution in [0.1, 0.15) is 6.42 Å². The molecule has 1 heterocycles. The minimum Gasteiger partial charge on any atom is -0.457 e. The maximum atomic E-state index is 13.1. The van der Waals surface area contributed by atoms with Gasteiger partial charge in [-0.25, -0.2) is 0 Å². The van der Waals surface area contributed by atoms with Crippen molar-refractivity contribution in [2.75, 3.05) is 4.90 Å². The first kappa shape index (κ1) is 15.2. The van der Waals surface area contributed by atoms with Crippen molar-refractivity contribution in [3.8, 4) is 11.5 Å². The maximum Gasteiger partial charge on any atom is 0.238 e. The molecule has 1 aliphatic heterocycles. The highest BCUT2D eigenvalue weighted by Crippen LogP contribution is 2.65. The van der Waals surface area contributed by atoms with Crippen molar-refractivity contribution in [1.82, 2.24) is 0 Å². The molecule has 0 spiro atoms. The monoisotopic (exact) mass is 357 g/mol. The van der Waals surface area contributed by atoms with E-state index in [9.17, 15) is 9.59 Å². The molecule has 1 saturated heterocycles. The summed E-state index contributed by atoms with van der Waals surface area (Å²) in [6.07, 6.45) is 5.58. The first-order valence-electron chi connectivity index (χ1n) is 9.61. The Morgan fingerprint density at radius 2 is 1.30 bits per heavy atom. The van der Waals surface area contributed by atoms with Crippen LogP contribution in [0, 0.1) is 35.5 Å². The third-order valence-corrected chi connectivity index (χ3v) is 6.74. The number of imide groups is 1. The number of amides is 2. The summed E-state index contributed by atoms with van der Waals surface area (Å²) in [6, 6.07) is 16.8. The van der Waals surface area contributed by atoms with Gasteiger partial charge in [0.1, 0.15) is 11.5 Å². The lowest BCUT2D eigenvalue weighted by Crippen LogP contribution is -2.40. The molecule has 2 amide bonds. The first-order chi connectivity index (χ1) is 13.2. The Morgan fingerprint density at radius 3 is 1.89 bits per heavy atom. The standard InChI is InChI=1S/C23H19NO3/c25-22-20-16-10-11-17(19-12-18(16)19)21(20)23(26)24(22)13-6-8-15(9-7-13)27-14-4-2-1-3-5-14/h1-11,16-21H,12H2/t16-,17-,18-,19+,20+,21-/m1/s1. The van der Waals surface area contributed by atoms with Crippen molar-refractivity contribution in [3.05, 3.63) is 66.7 Å². The molecule has 2 bridgehead atoms. The van der Waals surface area contributed by atoms with E-state index in [0.29, 0.717) is 23.3 Å². The molecule has 4 aliphatic carbocycles. The number of nitrogens with zero attached hydrogens (tertiary/aromatic N) is 1. The van der Waals surface area contributed by atoms with Gasteiger partial charge >= 0.3 is 0 Å². The largest absolute Gasteiger partial charge is 0.457 e. The molecule has 5 aliphatic rings. The number of benzene rings is 2. The van der Waals surface area contributed by atoms with E-state index in [0.717, 1.165) is 5.75 Å². The van der Waals surface area contributed by atoms with Crippen LogP contribution in [0.15, 0.2) is 66.7 Å². The van der Waals surface area contributed by atoms with Crippen LogP contribution in [0.4, 0.5) is 5.69 Å². The van der Waals surface area contributed by atoms with Crippen molar-refractivity contribution in [1.29, 1.82) is 0 Å². The van der Waals surface area contributed by atoms with Crippen LogP contribution in [0.25, 0.3) is 0 Å². The van der Waals surface area contributed by atoms with E-state index in [1.165, 1.54) is 11.3 Å². The van der Waals surface area contributed by atoms with E-state index in [-0.39, 0.29) is 35.5 Å². The third-order valence-electron chi connectivity index (χ3n) is 6.74. The predicted molar refractivity (Wildman–Crippen MR) is 100 cm³/mol. The Hall–Kier alpha value is -2.88. The second-order valence-corrected chi connectivity index (χ2v) is 8.08. The van der Waals surface area contributed by atoms with Crippen molar-refractivity contribution in [2.24, 2.45) is 35.5 Å². The lowest BCUT2D eigenvalue weighted by atomic mass is 9.63. The van der Waals surface area contributed by atoms with Crippen LogP contribution in [0.3, 0.4) is 0 Å². The van der Waals surface area contributed by atoms with Crippen molar-refractivity contribution >= 4 is 17.5 Å². The first-order valence-corrected chi connectivity index (χ1v) is 9.61. The van der Waals surface area contributed by atoms with Gasteiger partial charge in [-0.1, -0.05) is 30.4 Å². The number of hydrogen-bond donors (Lipinski definition) is 0. The topological polar surface area (TPSA) is 46.6 Å². The summed E-state index contributed by atoms with van der Waals surface area (Å²) in [4.78, 5) is 27.7. The van der Waals surface area contributed by atoms with Gasteiger partial charge in [-0.3, -0.25) is 14.5 Å². The van der Waals surface area contributed by atoms with E-state index in [1.807, 2.05) is 54.6 Å². The zero-order chi connectivity index (χ0) is 18.1. The molecule has 0 N–H and O–H groups in total.